The first-order chi connectivity index (χ1) is 15.6. The predicted octanol–water partition coefficient (Wildman–Crippen LogP) is 8.76. The number of allylic oxidation sites excluding steroid dienone is 1. The van der Waals surface area contributed by atoms with E-state index in [4.69, 9.17) is 4.74 Å². The van der Waals surface area contributed by atoms with Gasteiger partial charge in [0, 0.05) is 26.7 Å². The lowest BCUT2D eigenvalue weighted by atomic mass is 9.96. The molecule has 0 rings (SSSR count). The van der Waals surface area contributed by atoms with Crippen molar-refractivity contribution < 1.29 is 9.53 Å². The number of rotatable bonds is 25. The highest BCUT2D eigenvalue weighted by Gasteiger charge is 2.02. The fourth-order valence-electron chi connectivity index (χ4n) is 4.48. The Hall–Kier alpha value is -0.830. The van der Waals surface area contributed by atoms with Crippen molar-refractivity contribution in [3.8, 4) is 0 Å². The summed E-state index contributed by atoms with van der Waals surface area (Å²) in [7, 11) is 1.69. The second-order valence-corrected chi connectivity index (χ2v) is 10.2. The molecule has 0 aromatic rings. The minimum absolute atomic E-state index is 0.199. The van der Waals surface area contributed by atoms with Gasteiger partial charge in [0.2, 0.25) is 5.91 Å². The van der Waals surface area contributed by atoms with Crippen LogP contribution in [0.15, 0.2) is 12.2 Å². The van der Waals surface area contributed by atoms with E-state index in [1.165, 1.54) is 115 Å². The third-order valence-electron chi connectivity index (χ3n) is 6.40. The molecule has 0 radical (unpaired) electrons. The molecule has 32 heavy (non-hydrogen) atoms. The Balaban J connectivity index is 3.15. The Morgan fingerprint density at radius 3 is 1.62 bits per heavy atom. The van der Waals surface area contributed by atoms with Gasteiger partial charge in [-0.3, -0.25) is 4.79 Å². The molecule has 1 N–H and O–H groups in total. The number of carbonyl (C=O) groups is 1. The molecular weight excluding hydrogens is 394 g/mol. The van der Waals surface area contributed by atoms with Crippen molar-refractivity contribution in [3.05, 3.63) is 12.2 Å². The van der Waals surface area contributed by atoms with E-state index in [1.807, 2.05) is 0 Å². The molecule has 0 spiro atoms. The summed E-state index contributed by atoms with van der Waals surface area (Å²) in [6.07, 6.45) is 26.0. The largest absolute Gasteiger partial charge is 0.385 e. The van der Waals surface area contributed by atoms with Gasteiger partial charge in [0.1, 0.15) is 0 Å². The van der Waals surface area contributed by atoms with Crippen LogP contribution in [0.25, 0.3) is 0 Å². The van der Waals surface area contributed by atoms with Crippen molar-refractivity contribution in [3.63, 3.8) is 0 Å². The number of ether oxygens (including phenoxy) is 1. The number of amides is 1. The number of hydrogen-bond donors (Lipinski definition) is 1. The normalized spacial score (nSPS) is 12.1. The van der Waals surface area contributed by atoms with Crippen LogP contribution in [-0.4, -0.2) is 26.2 Å². The Morgan fingerprint density at radius 1 is 0.750 bits per heavy atom. The Labute approximate surface area is 201 Å². The summed E-state index contributed by atoms with van der Waals surface area (Å²) < 4.78 is 4.98. The molecule has 0 aromatic carbocycles. The molecule has 0 aliphatic carbocycles. The van der Waals surface area contributed by atoms with Crippen LogP contribution in [0.4, 0.5) is 0 Å². The molecule has 0 aromatic heterocycles. The van der Waals surface area contributed by atoms with Crippen LogP contribution in [-0.2, 0) is 9.53 Å². The average molecular weight is 452 g/mol. The van der Waals surface area contributed by atoms with Crippen LogP contribution in [0.5, 0.6) is 0 Å². The smallest absolute Gasteiger partial charge is 0.219 e. The zero-order valence-corrected chi connectivity index (χ0v) is 22.2. The second kappa shape index (κ2) is 24.8. The Bertz CT molecular complexity index is 421. The van der Waals surface area contributed by atoms with Crippen molar-refractivity contribution in [2.75, 3.05) is 20.3 Å². The molecule has 0 saturated heterocycles. The van der Waals surface area contributed by atoms with E-state index < -0.39 is 0 Å². The van der Waals surface area contributed by atoms with Crippen LogP contribution in [0.2, 0.25) is 0 Å². The lowest BCUT2D eigenvalue weighted by Gasteiger charge is -2.10. The lowest BCUT2D eigenvalue weighted by molar-refractivity contribution is -0.121. The molecule has 3 nitrogen and oxygen atoms in total. The van der Waals surface area contributed by atoms with E-state index in [-0.39, 0.29) is 5.91 Å². The monoisotopic (exact) mass is 451 g/mol. The zero-order valence-electron chi connectivity index (χ0n) is 22.2. The number of hydrogen-bond acceptors (Lipinski definition) is 2. The van der Waals surface area contributed by atoms with Gasteiger partial charge in [-0.1, -0.05) is 115 Å². The first kappa shape index (κ1) is 31.2. The molecule has 0 heterocycles. The van der Waals surface area contributed by atoms with E-state index in [9.17, 15) is 4.79 Å². The predicted molar refractivity (Wildman–Crippen MR) is 141 cm³/mol. The molecule has 1 atom stereocenters. The van der Waals surface area contributed by atoms with Crippen molar-refractivity contribution in [1.82, 2.24) is 5.32 Å². The van der Waals surface area contributed by atoms with Crippen molar-refractivity contribution in [2.45, 2.75) is 142 Å². The number of methoxy groups -OCH3 is 1. The molecule has 1 unspecified atom stereocenters. The lowest BCUT2D eigenvalue weighted by Crippen LogP contribution is -2.24. The number of unbranched alkanes of at least 4 members (excludes halogenated alkanes) is 15. The van der Waals surface area contributed by atoms with Crippen molar-refractivity contribution in [2.24, 2.45) is 5.92 Å². The molecule has 0 saturated carbocycles. The third kappa shape index (κ3) is 25.4. The minimum Gasteiger partial charge on any atom is -0.385 e. The summed E-state index contributed by atoms with van der Waals surface area (Å²) >= 11 is 0. The molecule has 0 bridgehead atoms. The number of nitrogens with one attached hydrogen (secondary N) is 1. The van der Waals surface area contributed by atoms with Gasteiger partial charge in [0.15, 0.2) is 0 Å². The molecule has 1 amide bonds. The summed E-state index contributed by atoms with van der Waals surface area (Å²) in [6.45, 7) is 10.00. The summed E-state index contributed by atoms with van der Waals surface area (Å²) in [4.78, 5) is 11.7. The Kier molecular flexibility index (Phi) is 24.2. The van der Waals surface area contributed by atoms with Gasteiger partial charge in [-0.05, 0) is 32.1 Å². The minimum atomic E-state index is 0.199. The van der Waals surface area contributed by atoms with Crippen LogP contribution in [0.1, 0.15) is 142 Å². The molecular formula is C29H57NO2. The van der Waals surface area contributed by atoms with E-state index in [1.54, 1.807) is 7.11 Å². The second-order valence-electron chi connectivity index (χ2n) is 10.2. The first-order valence-electron chi connectivity index (χ1n) is 14.0. The fraction of sp³-hybridized carbons (Fsp3) is 0.897. The molecule has 0 fully saturated rings. The molecule has 3 heteroatoms. The van der Waals surface area contributed by atoms with E-state index in [0.717, 1.165) is 31.9 Å². The highest BCUT2D eigenvalue weighted by molar-refractivity contribution is 5.75. The van der Waals surface area contributed by atoms with Gasteiger partial charge < -0.3 is 10.1 Å². The highest BCUT2D eigenvalue weighted by atomic mass is 16.5. The first-order valence-corrected chi connectivity index (χ1v) is 14.0. The highest BCUT2D eigenvalue weighted by Crippen LogP contribution is 2.18. The molecule has 0 aliphatic heterocycles. The van der Waals surface area contributed by atoms with Gasteiger partial charge in [0.05, 0.1) is 0 Å². The number of carbonyl (C=O) groups excluding carboxylic acids is 1. The van der Waals surface area contributed by atoms with Gasteiger partial charge in [0.25, 0.3) is 0 Å². The fourth-order valence-corrected chi connectivity index (χ4v) is 4.48. The molecule has 190 valence electrons. The summed E-state index contributed by atoms with van der Waals surface area (Å²) in [6, 6.07) is 0. The summed E-state index contributed by atoms with van der Waals surface area (Å²) in [5.74, 6) is 1.02. The molecule has 0 aliphatic rings. The summed E-state index contributed by atoms with van der Waals surface area (Å²) in [5, 5.41) is 2.96. The van der Waals surface area contributed by atoms with Crippen LogP contribution >= 0.6 is 0 Å². The van der Waals surface area contributed by atoms with Gasteiger partial charge >= 0.3 is 0 Å². The average Bonchev–Trinajstić information content (AvgIpc) is 2.75. The zero-order chi connectivity index (χ0) is 23.7. The van der Waals surface area contributed by atoms with Gasteiger partial charge in [-0.15, -0.1) is 6.58 Å². The van der Waals surface area contributed by atoms with Crippen LogP contribution in [0, 0.1) is 5.92 Å². The van der Waals surface area contributed by atoms with Crippen LogP contribution in [0.3, 0.4) is 0 Å². The standard InChI is InChI=1S/C29H57NO2/c1-27(2)26-28(3)22-19-17-15-13-11-9-7-5-6-8-10-12-14-16-18-20-23-29(31)30-24-21-25-32-4/h28H,1,5-26H2,2-4H3,(H,30,31). The topological polar surface area (TPSA) is 38.3 Å². The van der Waals surface area contributed by atoms with Gasteiger partial charge in [-0.25, -0.2) is 0 Å². The quantitative estimate of drug-likeness (QED) is 0.111. The SMILES string of the molecule is C=C(C)CC(C)CCCCCCCCCCCCCCCCCCC(=O)NCCCOC. The maximum atomic E-state index is 11.7. The van der Waals surface area contributed by atoms with E-state index in [2.05, 4.69) is 25.7 Å². The maximum Gasteiger partial charge on any atom is 0.219 e. The van der Waals surface area contributed by atoms with Crippen molar-refractivity contribution in [1.29, 1.82) is 0 Å². The van der Waals surface area contributed by atoms with Gasteiger partial charge in [-0.2, -0.15) is 0 Å². The van der Waals surface area contributed by atoms with Crippen LogP contribution < -0.4 is 5.32 Å². The Morgan fingerprint density at radius 2 is 1.19 bits per heavy atom. The van der Waals surface area contributed by atoms with E-state index >= 15 is 0 Å². The summed E-state index contributed by atoms with van der Waals surface area (Å²) in [5.41, 5.74) is 1.33. The third-order valence-corrected chi connectivity index (χ3v) is 6.40. The van der Waals surface area contributed by atoms with E-state index in [0.29, 0.717) is 6.42 Å². The maximum absolute atomic E-state index is 11.7. The van der Waals surface area contributed by atoms with Crippen molar-refractivity contribution >= 4 is 5.91 Å².